The maximum atomic E-state index is 5.51. The van der Waals surface area contributed by atoms with Gasteiger partial charge in [-0.1, -0.05) is 25.3 Å². The van der Waals surface area contributed by atoms with E-state index in [0.717, 1.165) is 43.6 Å². The second-order valence-corrected chi connectivity index (χ2v) is 7.03. The van der Waals surface area contributed by atoms with Gasteiger partial charge in [-0.25, -0.2) is 0 Å². The Morgan fingerprint density at radius 2 is 1.92 bits per heavy atom. The van der Waals surface area contributed by atoms with E-state index in [1.807, 2.05) is 25.1 Å². The fraction of sp³-hybridized carbons (Fsp3) is 0.611. The average molecular weight is 346 g/mol. The Bertz CT molecular complexity index is 560. The first-order valence-corrected chi connectivity index (χ1v) is 9.39. The molecule has 2 aliphatic rings. The zero-order valence-electron chi connectivity index (χ0n) is 14.4. The van der Waals surface area contributed by atoms with Crippen molar-refractivity contribution in [3.05, 3.63) is 30.1 Å². The molecule has 0 aromatic carbocycles. The van der Waals surface area contributed by atoms with Crippen LogP contribution in [0.1, 0.15) is 44.7 Å². The molecule has 130 valence electrons. The topological polar surface area (TPSA) is 43.8 Å². The van der Waals surface area contributed by atoms with Crippen molar-refractivity contribution in [3.8, 4) is 0 Å². The lowest BCUT2D eigenvalue weighted by molar-refractivity contribution is 0.107. The predicted octanol–water partition coefficient (Wildman–Crippen LogP) is 2.63. The molecule has 5 nitrogen and oxygen atoms in total. The van der Waals surface area contributed by atoms with E-state index in [4.69, 9.17) is 12.2 Å². The molecule has 1 aromatic heterocycles. The molecule has 2 heterocycles. The van der Waals surface area contributed by atoms with Crippen LogP contribution < -0.4 is 5.43 Å². The largest absolute Gasteiger partial charge is 0.345 e. The van der Waals surface area contributed by atoms with Gasteiger partial charge in [-0.05, 0) is 44.1 Å². The smallest absolute Gasteiger partial charge is 0.189 e. The molecule has 3 rings (SSSR count). The number of pyridine rings is 1. The van der Waals surface area contributed by atoms with Crippen LogP contribution in [0.2, 0.25) is 0 Å². The first-order valence-electron chi connectivity index (χ1n) is 8.99. The Morgan fingerprint density at radius 1 is 1.17 bits per heavy atom. The first kappa shape index (κ1) is 17.3. The van der Waals surface area contributed by atoms with Crippen LogP contribution in [0.15, 0.2) is 29.5 Å². The van der Waals surface area contributed by atoms with Gasteiger partial charge in [0.25, 0.3) is 0 Å². The van der Waals surface area contributed by atoms with Crippen LogP contribution in [0.25, 0.3) is 0 Å². The molecule has 6 heteroatoms. The second kappa shape index (κ2) is 8.53. The van der Waals surface area contributed by atoms with Crippen LogP contribution in [0.5, 0.6) is 0 Å². The Labute approximate surface area is 150 Å². The van der Waals surface area contributed by atoms with E-state index < -0.39 is 0 Å². The fourth-order valence-electron chi connectivity index (χ4n) is 3.57. The molecule has 1 saturated carbocycles. The number of rotatable bonds is 3. The van der Waals surface area contributed by atoms with Crippen LogP contribution in [0.4, 0.5) is 0 Å². The van der Waals surface area contributed by atoms with Crippen molar-refractivity contribution in [1.29, 1.82) is 0 Å². The normalized spacial score (nSPS) is 20.9. The van der Waals surface area contributed by atoms with Gasteiger partial charge in [0.1, 0.15) is 0 Å². The Balaban J connectivity index is 1.46. The van der Waals surface area contributed by atoms with Gasteiger partial charge >= 0.3 is 0 Å². The molecule has 1 aliphatic heterocycles. The van der Waals surface area contributed by atoms with Crippen molar-refractivity contribution in [2.45, 2.75) is 45.1 Å². The van der Waals surface area contributed by atoms with E-state index in [9.17, 15) is 0 Å². The third kappa shape index (κ3) is 4.51. The van der Waals surface area contributed by atoms with E-state index >= 15 is 0 Å². The van der Waals surface area contributed by atoms with Gasteiger partial charge in [0, 0.05) is 38.4 Å². The summed E-state index contributed by atoms with van der Waals surface area (Å²) in [6.45, 7) is 6.13. The number of hydrogen-bond donors (Lipinski definition) is 1. The maximum absolute atomic E-state index is 5.51. The van der Waals surface area contributed by atoms with Crippen molar-refractivity contribution in [2.24, 2.45) is 5.10 Å². The van der Waals surface area contributed by atoms with Crippen molar-refractivity contribution in [2.75, 3.05) is 26.2 Å². The van der Waals surface area contributed by atoms with Crippen LogP contribution in [0.3, 0.4) is 0 Å². The molecule has 1 saturated heterocycles. The number of aromatic nitrogens is 1. The fourth-order valence-corrected chi connectivity index (χ4v) is 3.80. The van der Waals surface area contributed by atoms with E-state index in [0.29, 0.717) is 5.11 Å². The molecular formula is C18H27N5S. The Kier molecular flexibility index (Phi) is 6.15. The number of nitrogens with zero attached hydrogens (tertiary/aromatic N) is 4. The Morgan fingerprint density at radius 3 is 2.58 bits per heavy atom. The third-order valence-corrected chi connectivity index (χ3v) is 5.40. The number of nitrogens with one attached hydrogen (secondary N) is 1. The SMILES string of the molecule is CC(=NNC(=S)N1CCN(C2CCCCC2)CC1)c1ccccn1. The molecule has 0 atom stereocenters. The highest BCUT2D eigenvalue weighted by molar-refractivity contribution is 7.80. The summed E-state index contributed by atoms with van der Waals surface area (Å²) >= 11 is 5.51. The van der Waals surface area contributed by atoms with Gasteiger partial charge in [-0.15, -0.1) is 0 Å². The first-order chi connectivity index (χ1) is 11.7. The summed E-state index contributed by atoms with van der Waals surface area (Å²) in [4.78, 5) is 9.18. The van der Waals surface area contributed by atoms with Gasteiger partial charge in [0.05, 0.1) is 11.4 Å². The molecule has 0 bridgehead atoms. The highest BCUT2D eigenvalue weighted by Crippen LogP contribution is 2.23. The Hall–Kier alpha value is -1.53. The summed E-state index contributed by atoms with van der Waals surface area (Å²) in [6.07, 6.45) is 8.72. The van der Waals surface area contributed by atoms with E-state index in [1.54, 1.807) is 6.20 Å². The molecule has 2 fully saturated rings. The predicted molar refractivity (Wildman–Crippen MR) is 102 cm³/mol. The standard InChI is InChI=1S/C18H27N5S/c1-15(17-9-5-6-10-19-17)20-21-18(24)23-13-11-22(12-14-23)16-7-3-2-4-8-16/h5-6,9-10,16H,2-4,7-8,11-14H2,1H3,(H,21,24). The van der Waals surface area contributed by atoms with Crippen molar-refractivity contribution >= 4 is 23.0 Å². The van der Waals surface area contributed by atoms with Gasteiger partial charge in [0.2, 0.25) is 0 Å². The molecule has 0 unspecified atom stereocenters. The second-order valence-electron chi connectivity index (χ2n) is 6.64. The lowest BCUT2D eigenvalue weighted by atomic mass is 9.94. The summed E-state index contributed by atoms with van der Waals surface area (Å²) in [5, 5.41) is 5.10. The van der Waals surface area contributed by atoms with Crippen LogP contribution in [-0.4, -0.2) is 57.8 Å². The minimum absolute atomic E-state index is 0.716. The third-order valence-electron chi connectivity index (χ3n) is 5.05. The van der Waals surface area contributed by atoms with Crippen molar-refractivity contribution < 1.29 is 0 Å². The van der Waals surface area contributed by atoms with Gasteiger partial charge in [-0.2, -0.15) is 5.10 Å². The molecular weight excluding hydrogens is 318 g/mol. The van der Waals surface area contributed by atoms with Crippen LogP contribution in [0, 0.1) is 0 Å². The average Bonchev–Trinajstić information content (AvgIpc) is 2.67. The minimum atomic E-state index is 0.716. The number of piperazine rings is 1. The molecule has 1 aromatic rings. The van der Waals surface area contributed by atoms with Crippen molar-refractivity contribution in [1.82, 2.24) is 20.2 Å². The lowest BCUT2D eigenvalue weighted by Crippen LogP contribution is -2.53. The zero-order chi connectivity index (χ0) is 16.8. The molecule has 0 amide bonds. The number of thiocarbonyl (C=S) groups is 1. The minimum Gasteiger partial charge on any atom is -0.345 e. The summed E-state index contributed by atoms with van der Waals surface area (Å²) in [6, 6.07) is 6.61. The number of hydrazone groups is 1. The van der Waals surface area contributed by atoms with E-state index in [1.165, 1.54) is 32.1 Å². The van der Waals surface area contributed by atoms with Crippen LogP contribution in [-0.2, 0) is 0 Å². The van der Waals surface area contributed by atoms with Gasteiger partial charge in [0.15, 0.2) is 5.11 Å². The quantitative estimate of drug-likeness (QED) is 0.518. The molecule has 0 radical (unpaired) electrons. The van der Waals surface area contributed by atoms with E-state index in [-0.39, 0.29) is 0 Å². The molecule has 1 aliphatic carbocycles. The maximum Gasteiger partial charge on any atom is 0.189 e. The summed E-state index contributed by atoms with van der Waals surface area (Å²) in [5.74, 6) is 0. The summed E-state index contributed by atoms with van der Waals surface area (Å²) in [7, 11) is 0. The zero-order valence-corrected chi connectivity index (χ0v) is 15.3. The van der Waals surface area contributed by atoms with Gasteiger partial charge in [-0.3, -0.25) is 15.3 Å². The molecule has 1 N–H and O–H groups in total. The monoisotopic (exact) mass is 345 g/mol. The number of hydrogen-bond acceptors (Lipinski definition) is 4. The summed E-state index contributed by atoms with van der Waals surface area (Å²) in [5.41, 5.74) is 4.75. The lowest BCUT2D eigenvalue weighted by Gasteiger charge is -2.41. The molecule has 0 spiro atoms. The van der Waals surface area contributed by atoms with E-state index in [2.05, 4.69) is 25.3 Å². The highest BCUT2D eigenvalue weighted by Gasteiger charge is 2.25. The highest BCUT2D eigenvalue weighted by atomic mass is 32.1. The summed E-state index contributed by atoms with van der Waals surface area (Å²) < 4.78 is 0. The van der Waals surface area contributed by atoms with Crippen LogP contribution >= 0.6 is 12.2 Å². The van der Waals surface area contributed by atoms with Gasteiger partial charge < -0.3 is 4.90 Å². The van der Waals surface area contributed by atoms with Crippen molar-refractivity contribution in [3.63, 3.8) is 0 Å². The molecule has 24 heavy (non-hydrogen) atoms.